The number of sulfone groups is 1. The third kappa shape index (κ3) is 2.72. The maximum Gasteiger partial charge on any atom is 0.315 e. The van der Waals surface area contributed by atoms with E-state index < -0.39 is 28.1 Å². The molecule has 0 radical (unpaired) electrons. The van der Waals surface area contributed by atoms with Crippen LogP contribution >= 0.6 is 0 Å². The number of benzene rings is 1. The number of rotatable bonds is 3. The average Bonchev–Trinajstić information content (AvgIpc) is 2.80. The molecular weight excluding hydrogens is 282 g/mol. The first-order chi connectivity index (χ1) is 9.32. The summed E-state index contributed by atoms with van der Waals surface area (Å²) in [6.07, 6.45) is 2.20. The SMILES string of the molecule is COC(=O)CC(=O)n1ccc2ccc(S(C)(=O)=O)cc21. The van der Waals surface area contributed by atoms with Crippen LogP contribution in [0.25, 0.3) is 10.9 Å². The monoisotopic (exact) mass is 295 g/mol. The Bertz CT molecular complexity index is 788. The molecule has 0 N–H and O–H groups in total. The number of aromatic nitrogens is 1. The molecule has 0 aliphatic rings. The molecule has 7 heteroatoms. The fourth-order valence-corrected chi connectivity index (χ4v) is 2.48. The van der Waals surface area contributed by atoms with Crippen molar-refractivity contribution in [3.05, 3.63) is 30.5 Å². The molecule has 0 saturated heterocycles. The number of ether oxygens (including phenoxy) is 1. The molecule has 0 fully saturated rings. The second-order valence-corrected chi connectivity index (χ2v) is 6.34. The smallest absolute Gasteiger partial charge is 0.315 e. The van der Waals surface area contributed by atoms with E-state index in [2.05, 4.69) is 4.74 Å². The first kappa shape index (κ1) is 14.3. The van der Waals surface area contributed by atoms with Crippen LogP contribution in [0.15, 0.2) is 35.4 Å². The highest BCUT2D eigenvalue weighted by Gasteiger charge is 2.15. The van der Waals surface area contributed by atoms with Gasteiger partial charge in [0.05, 0.1) is 17.5 Å². The third-order valence-corrected chi connectivity index (χ3v) is 3.99. The minimum Gasteiger partial charge on any atom is -0.469 e. The van der Waals surface area contributed by atoms with Crippen molar-refractivity contribution >= 4 is 32.6 Å². The van der Waals surface area contributed by atoms with Crippen LogP contribution in [0.1, 0.15) is 11.2 Å². The Hall–Kier alpha value is -2.15. The molecule has 0 saturated carbocycles. The molecule has 20 heavy (non-hydrogen) atoms. The molecule has 1 aromatic heterocycles. The van der Waals surface area contributed by atoms with E-state index in [4.69, 9.17) is 0 Å². The van der Waals surface area contributed by atoms with Crippen LogP contribution in [0.5, 0.6) is 0 Å². The maximum absolute atomic E-state index is 12.0. The van der Waals surface area contributed by atoms with Crippen LogP contribution in [-0.4, -0.2) is 38.2 Å². The van der Waals surface area contributed by atoms with Gasteiger partial charge in [0.15, 0.2) is 9.84 Å². The third-order valence-electron chi connectivity index (χ3n) is 2.88. The second-order valence-electron chi connectivity index (χ2n) is 4.33. The summed E-state index contributed by atoms with van der Waals surface area (Å²) in [5.41, 5.74) is 0.446. The number of hydrogen-bond donors (Lipinski definition) is 0. The van der Waals surface area contributed by atoms with E-state index in [-0.39, 0.29) is 4.90 Å². The topological polar surface area (TPSA) is 82.4 Å². The highest BCUT2D eigenvalue weighted by Crippen LogP contribution is 2.20. The Balaban J connectivity index is 2.50. The van der Waals surface area contributed by atoms with Gasteiger partial charge in [-0.25, -0.2) is 8.42 Å². The molecule has 0 unspecified atom stereocenters. The molecule has 2 rings (SSSR count). The van der Waals surface area contributed by atoms with Gasteiger partial charge in [-0.05, 0) is 18.2 Å². The van der Waals surface area contributed by atoms with Crippen LogP contribution in [0, 0.1) is 0 Å². The lowest BCUT2D eigenvalue weighted by Gasteiger charge is -2.04. The molecule has 0 atom stereocenters. The van der Waals surface area contributed by atoms with Crippen LogP contribution in [0.2, 0.25) is 0 Å². The molecule has 1 heterocycles. The van der Waals surface area contributed by atoms with Gasteiger partial charge in [0.1, 0.15) is 6.42 Å². The summed E-state index contributed by atoms with van der Waals surface area (Å²) in [6, 6.07) is 6.19. The lowest BCUT2D eigenvalue weighted by Crippen LogP contribution is -2.15. The number of methoxy groups -OCH3 is 1. The number of hydrogen-bond acceptors (Lipinski definition) is 5. The van der Waals surface area contributed by atoms with Gasteiger partial charge < -0.3 is 4.74 Å². The predicted molar refractivity (Wildman–Crippen MR) is 72.3 cm³/mol. The van der Waals surface area contributed by atoms with Gasteiger partial charge in [-0.15, -0.1) is 0 Å². The van der Waals surface area contributed by atoms with Crippen molar-refractivity contribution in [2.45, 2.75) is 11.3 Å². The highest BCUT2D eigenvalue weighted by atomic mass is 32.2. The zero-order valence-corrected chi connectivity index (χ0v) is 11.8. The van der Waals surface area contributed by atoms with Gasteiger partial charge in [-0.1, -0.05) is 6.07 Å². The molecule has 2 aromatic rings. The fourth-order valence-electron chi connectivity index (χ4n) is 1.84. The van der Waals surface area contributed by atoms with Crippen molar-refractivity contribution < 1.29 is 22.7 Å². The van der Waals surface area contributed by atoms with E-state index in [9.17, 15) is 18.0 Å². The number of fused-ring (bicyclic) bond motifs is 1. The van der Waals surface area contributed by atoms with E-state index in [1.807, 2.05) is 0 Å². The van der Waals surface area contributed by atoms with Gasteiger partial charge in [-0.2, -0.15) is 0 Å². The van der Waals surface area contributed by atoms with Crippen molar-refractivity contribution in [1.82, 2.24) is 4.57 Å². The number of carbonyl (C=O) groups excluding carboxylic acids is 2. The average molecular weight is 295 g/mol. The van der Waals surface area contributed by atoms with Gasteiger partial charge in [0.2, 0.25) is 5.91 Å². The van der Waals surface area contributed by atoms with Gasteiger partial charge in [-0.3, -0.25) is 14.2 Å². The largest absolute Gasteiger partial charge is 0.469 e. The molecule has 1 aromatic carbocycles. The van der Waals surface area contributed by atoms with Crippen LogP contribution < -0.4 is 0 Å². The molecule has 0 bridgehead atoms. The summed E-state index contributed by atoms with van der Waals surface area (Å²) in [6.45, 7) is 0. The van der Waals surface area contributed by atoms with E-state index in [0.29, 0.717) is 5.52 Å². The van der Waals surface area contributed by atoms with Crippen molar-refractivity contribution in [3.63, 3.8) is 0 Å². The lowest BCUT2D eigenvalue weighted by molar-refractivity contribution is -0.139. The molecule has 0 spiro atoms. The van der Waals surface area contributed by atoms with E-state index in [1.165, 1.54) is 30.0 Å². The molecule has 6 nitrogen and oxygen atoms in total. The standard InChI is InChI=1S/C13H13NO5S/c1-19-13(16)8-12(15)14-6-5-9-3-4-10(7-11(9)14)20(2,17)18/h3-7H,8H2,1-2H3. The summed E-state index contributed by atoms with van der Waals surface area (Å²) in [5, 5.41) is 0.718. The summed E-state index contributed by atoms with van der Waals surface area (Å²) < 4.78 is 28.8. The lowest BCUT2D eigenvalue weighted by atomic mass is 10.2. The molecule has 0 aliphatic carbocycles. The Morgan fingerprint density at radius 1 is 1.25 bits per heavy atom. The zero-order chi connectivity index (χ0) is 14.9. The Kier molecular flexibility index (Phi) is 3.63. The first-order valence-corrected chi connectivity index (χ1v) is 7.63. The molecule has 0 aliphatic heterocycles. The summed E-state index contributed by atoms with van der Waals surface area (Å²) >= 11 is 0. The second kappa shape index (κ2) is 5.09. The van der Waals surface area contributed by atoms with Crippen LogP contribution in [0.3, 0.4) is 0 Å². The van der Waals surface area contributed by atoms with Gasteiger partial charge in [0, 0.05) is 17.8 Å². The summed E-state index contributed by atoms with van der Waals surface area (Å²) in [5.74, 6) is -1.12. The quantitative estimate of drug-likeness (QED) is 0.628. The fraction of sp³-hybridized carbons (Fsp3) is 0.231. The van der Waals surface area contributed by atoms with E-state index >= 15 is 0 Å². The van der Waals surface area contributed by atoms with Crippen molar-refractivity contribution in [3.8, 4) is 0 Å². The van der Waals surface area contributed by atoms with Crippen molar-refractivity contribution in [2.24, 2.45) is 0 Å². The first-order valence-electron chi connectivity index (χ1n) is 5.74. The predicted octanol–water partition coefficient (Wildman–Crippen LogP) is 1.25. The molecule has 0 amide bonds. The molecular formula is C13H13NO5S. The Morgan fingerprint density at radius 2 is 1.95 bits per heavy atom. The van der Waals surface area contributed by atoms with E-state index in [0.717, 1.165) is 11.6 Å². The van der Waals surface area contributed by atoms with Crippen LogP contribution in [0.4, 0.5) is 0 Å². The van der Waals surface area contributed by atoms with Crippen molar-refractivity contribution in [1.29, 1.82) is 0 Å². The number of esters is 1. The minimum atomic E-state index is -3.36. The Morgan fingerprint density at radius 3 is 2.55 bits per heavy atom. The number of carbonyl (C=O) groups is 2. The summed E-state index contributed by atoms with van der Waals surface area (Å²) in [7, 11) is -2.16. The van der Waals surface area contributed by atoms with E-state index in [1.54, 1.807) is 12.1 Å². The van der Waals surface area contributed by atoms with Crippen molar-refractivity contribution in [2.75, 3.05) is 13.4 Å². The molecule has 106 valence electrons. The maximum atomic E-state index is 12.0. The minimum absolute atomic E-state index is 0.121. The van der Waals surface area contributed by atoms with Gasteiger partial charge in [0.25, 0.3) is 0 Å². The highest BCUT2D eigenvalue weighted by molar-refractivity contribution is 7.90. The zero-order valence-electron chi connectivity index (χ0n) is 11.0. The van der Waals surface area contributed by atoms with Gasteiger partial charge >= 0.3 is 5.97 Å². The normalized spacial score (nSPS) is 11.5. The van der Waals surface area contributed by atoms with Crippen LogP contribution in [-0.2, 0) is 19.4 Å². The number of nitrogens with zero attached hydrogens (tertiary/aromatic N) is 1. The Labute approximate surface area is 115 Å². The summed E-state index contributed by atoms with van der Waals surface area (Å²) in [4.78, 5) is 23.2.